The van der Waals surface area contributed by atoms with Crippen LogP contribution in [0.15, 0.2) is 24.3 Å². The number of amides is 1. The van der Waals surface area contributed by atoms with E-state index in [1.54, 1.807) is 12.1 Å². The number of carbonyl (C=O) groups is 1. The number of hydrogen-bond acceptors (Lipinski definition) is 2. The minimum Gasteiger partial charge on any atom is -0.366 e. The van der Waals surface area contributed by atoms with Crippen LogP contribution in [0.4, 0.5) is 0 Å². The van der Waals surface area contributed by atoms with Gasteiger partial charge in [0.05, 0.1) is 0 Å². The van der Waals surface area contributed by atoms with E-state index in [9.17, 15) is 4.79 Å². The number of nitrogens with two attached hydrogens (primary N) is 1. The molecule has 1 aliphatic carbocycles. The van der Waals surface area contributed by atoms with Gasteiger partial charge in [0, 0.05) is 18.2 Å². The van der Waals surface area contributed by atoms with Crippen LogP contribution in [0, 0.1) is 5.92 Å². The quantitative estimate of drug-likeness (QED) is 0.844. The number of primary amides is 1. The SMILES string of the molecule is CC(C1CC1)N(C)Cc1ccc(C(N)=O)cc1. The van der Waals surface area contributed by atoms with Crippen molar-refractivity contribution in [2.24, 2.45) is 11.7 Å². The van der Waals surface area contributed by atoms with Crippen LogP contribution in [-0.4, -0.2) is 23.9 Å². The maximum Gasteiger partial charge on any atom is 0.248 e. The summed E-state index contributed by atoms with van der Waals surface area (Å²) < 4.78 is 0. The van der Waals surface area contributed by atoms with Gasteiger partial charge in [-0.1, -0.05) is 12.1 Å². The normalized spacial score (nSPS) is 17.1. The first-order valence-electron chi connectivity index (χ1n) is 6.17. The molecule has 1 aromatic carbocycles. The predicted octanol–water partition coefficient (Wildman–Crippen LogP) is 2.02. The van der Waals surface area contributed by atoms with Crippen LogP contribution in [0.5, 0.6) is 0 Å². The van der Waals surface area contributed by atoms with Gasteiger partial charge in [-0.25, -0.2) is 0 Å². The van der Waals surface area contributed by atoms with E-state index in [4.69, 9.17) is 5.73 Å². The molecule has 3 nitrogen and oxygen atoms in total. The summed E-state index contributed by atoms with van der Waals surface area (Å²) in [5, 5.41) is 0. The number of rotatable bonds is 5. The van der Waals surface area contributed by atoms with Crippen molar-refractivity contribution in [1.82, 2.24) is 4.90 Å². The summed E-state index contributed by atoms with van der Waals surface area (Å²) in [4.78, 5) is 13.3. The smallest absolute Gasteiger partial charge is 0.248 e. The summed E-state index contributed by atoms with van der Waals surface area (Å²) in [6.07, 6.45) is 2.73. The minimum absolute atomic E-state index is 0.365. The van der Waals surface area contributed by atoms with E-state index < -0.39 is 0 Å². The highest BCUT2D eigenvalue weighted by Gasteiger charge is 2.30. The second-order valence-corrected chi connectivity index (χ2v) is 5.05. The van der Waals surface area contributed by atoms with Crippen LogP contribution < -0.4 is 5.73 Å². The van der Waals surface area contributed by atoms with E-state index in [0.717, 1.165) is 12.5 Å². The molecule has 0 radical (unpaired) electrons. The van der Waals surface area contributed by atoms with Gasteiger partial charge in [0.1, 0.15) is 0 Å². The van der Waals surface area contributed by atoms with Crippen molar-refractivity contribution in [3.63, 3.8) is 0 Å². The molecule has 1 fully saturated rings. The largest absolute Gasteiger partial charge is 0.366 e. The molecule has 2 rings (SSSR count). The predicted molar refractivity (Wildman–Crippen MR) is 68.6 cm³/mol. The summed E-state index contributed by atoms with van der Waals surface area (Å²) in [6, 6.07) is 8.21. The maximum absolute atomic E-state index is 11.0. The third-order valence-electron chi connectivity index (χ3n) is 3.67. The zero-order valence-electron chi connectivity index (χ0n) is 10.5. The van der Waals surface area contributed by atoms with E-state index in [0.29, 0.717) is 11.6 Å². The first kappa shape index (κ1) is 12.1. The minimum atomic E-state index is -0.365. The lowest BCUT2D eigenvalue weighted by atomic mass is 10.1. The summed E-state index contributed by atoms with van der Waals surface area (Å²) in [7, 11) is 2.16. The highest BCUT2D eigenvalue weighted by molar-refractivity contribution is 5.92. The van der Waals surface area contributed by atoms with E-state index in [-0.39, 0.29) is 5.91 Å². The Balaban J connectivity index is 1.95. The van der Waals surface area contributed by atoms with Gasteiger partial charge in [-0.2, -0.15) is 0 Å². The van der Waals surface area contributed by atoms with Gasteiger partial charge in [0.25, 0.3) is 0 Å². The van der Waals surface area contributed by atoms with Crippen molar-refractivity contribution in [1.29, 1.82) is 0 Å². The first-order chi connectivity index (χ1) is 8.08. The molecule has 0 heterocycles. The molecule has 1 amide bonds. The molecule has 1 unspecified atom stereocenters. The van der Waals surface area contributed by atoms with Crippen LogP contribution >= 0.6 is 0 Å². The zero-order chi connectivity index (χ0) is 12.4. The van der Waals surface area contributed by atoms with Crippen molar-refractivity contribution in [3.05, 3.63) is 35.4 Å². The molecule has 1 atom stereocenters. The van der Waals surface area contributed by atoms with Gasteiger partial charge >= 0.3 is 0 Å². The molecule has 0 saturated heterocycles. The van der Waals surface area contributed by atoms with Gasteiger partial charge < -0.3 is 5.73 Å². The second-order valence-electron chi connectivity index (χ2n) is 5.05. The number of nitrogens with zero attached hydrogens (tertiary/aromatic N) is 1. The average molecular weight is 232 g/mol. The van der Waals surface area contributed by atoms with E-state index in [1.165, 1.54) is 18.4 Å². The Kier molecular flexibility index (Phi) is 3.48. The number of carbonyl (C=O) groups excluding carboxylic acids is 1. The maximum atomic E-state index is 11.0. The molecule has 2 N–H and O–H groups in total. The van der Waals surface area contributed by atoms with Crippen molar-refractivity contribution in [3.8, 4) is 0 Å². The molecular weight excluding hydrogens is 212 g/mol. The van der Waals surface area contributed by atoms with Gasteiger partial charge in [-0.15, -0.1) is 0 Å². The lowest BCUT2D eigenvalue weighted by Gasteiger charge is -2.24. The van der Waals surface area contributed by atoms with Crippen LogP contribution in [0.1, 0.15) is 35.7 Å². The molecule has 1 aliphatic rings. The lowest BCUT2D eigenvalue weighted by molar-refractivity contribution is 0.100. The van der Waals surface area contributed by atoms with Crippen LogP contribution in [0.3, 0.4) is 0 Å². The molecule has 0 spiro atoms. The zero-order valence-corrected chi connectivity index (χ0v) is 10.5. The van der Waals surface area contributed by atoms with E-state index >= 15 is 0 Å². The highest BCUT2D eigenvalue weighted by Crippen LogP contribution is 2.35. The Morgan fingerprint density at radius 3 is 2.47 bits per heavy atom. The van der Waals surface area contributed by atoms with Crippen LogP contribution in [-0.2, 0) is 6.54 Å². The molecule has 1 saturated carbocycles. The Labute approximate surface area is 103 Å². The fourth-order valence-corrected chi connectivity index (χ4v) is 2.14. The van der Waals surface area contributed by atoms with Crippen molar-refractivity contribution < 1.29 is 4.79 Å². The molecule has 3 heteroatoms. The van der Waals surface area contributed by atoms with E-state index in [1.807, 2.05) is 12.1 Å². The fraction of sp³-hybridized carbons (Fsp3) is 0.500. The molecule has 0 bridgehead atoms. The standard InChI is InChI=1S/C14H20N2O/c1-10(12-7-8-12)16(2)9-11-3-5-13(6-4-11)14(15)17/h3-6,10,12H,7-9H2,1-2H3,(H2,15,17). The Morgan fingerprint density at radius 1 is 1.41 bits per heavy atom. The molecule has 0 aromatic heterocycles. The second kappa shape index (κ2) is 4.88. The summed E-state index contributed by atoms with van der Waals surface area (Å²) in [5.74, 6) is 0.515. The van der Waals surface area contributed by atoms with Gasteiger partial charge in [0.15, 0.2) is 0 Å². The molecule has 92 valence electrons. The third-order valence-corrected chi connectivity index (χ3v) is 3.67. The molecule has 17 heavy (non-hydrogen) atoms. The highest BCUT2D eigenvalue weighted by atomic mass is 16.1. The molecule has 1 aromatic rings. The molecule has 0 aliphatic heterocycles. The van der Waals surface area contributed by atoms with Gasteiger partial charge in [0.2, 0.25) is 5.91 Å². The summed E-state index contributed by atoms with van der Waals surface area (Å²) in [6.45, 7) is 3.21. The topological polar surface area (TPSA) is 46.3 Å². The Bertz CT molecular complexity index is 395. The summed E-state index contributed by atoms with van der Waals surface area (Å²) >= 11 is 0. The Hall–Kier alpha value is -1.35. The van der Waals surface area contributed by atoms with Gasteiger partial charge in [-0.3, -0.25) is 9.69 Å². The van der Waals surface area contributed by atoms with Gasteiger partial charge in [-0.05, 0) is 50.4 Å². The average Bonchev–Trinajstić information content (AvgIpc) is 3.12. The van der Waals surface area contributed by atoms with Crippen molar-refractivity contribution >= 4 is 5.91 Å². The van der Waals surface area contributed by atoms with Crippen molar-refractivity contribution in [2.75, 3.05) is 7.05 Å². The fourth-order valence-electron chi connectivity index (χ4n) is 2.14. The van der Waals surface area contributed by atoms with E-state index in [2.05, 4.69) is 18.9 Å². The monoisotopic (exact) mass is 232 g/mol. The van der Waals surface area contributed by atoms with Crippen LogP contribution in [0.25, 0.3) is 0 Å². The number of benzene rings is 1. The number of hydrogen-bond donors (Lipinski definition) is 1. The first-order valence-corrected chi connectivity index (χ1v) is 6.17. The molecular formula is C14H20N2O. The lowest BCUT2D eigenvalue weighted by Crippen LogP contribution is -2.30. The Morgan fingerprint density at radius 2 is 2.00 bits per heavy atom. The van der Waals surface area contributed by atoms with Crippen LogP contribution in [0.2, 0.25) is 0 Å². The summed E-state index contributed by atoms with van der Waals surface area (Å²) in [5.41, 5.74) is 7.01. The van der Waals surface area contributed by atoms with Crippen molar-refractivity contribution in [2.45, 2.75) is 32.4 Å². The third kappa shape index (κ3) is 3.07.